The summed E-state index contributed by atoms with van der Waals surface area (Å²) in [5.74, 6) is -0.386. The van der Waals surface area contributed by atoms with Crippen LogP contribution < -0.4 is 10.6 Å². The molecule has 0 unspecified atom stereocenters. The molecule has 0 spiro atoms. The smallest absolute Gasteiger partial charge is 0.319 e. The fourth-order valence-electron chi connectivity index (χ4n) is 2.44. The molecule has 0 saturated heterocycles. The van der Waals surface area contributed by atoms with E-state index >= 15 is 0 Å². The van der Waals surface area contributed by atoms with Crippen LogP contribution in [0.25, 0.3) is 10.8 Å². The quantitative estimate of drug-likeness (QED) is 0.577. The van der Waals surface area contributed by atoms with Crippen LogP contribution >= 0.6 is 23.2 Å². The number of carbonyl (C=O) groups is 1. The predicted octanol–water partition coefficient (Wildman–Crippen LogP) is 5.31. The second kappa shape index (κ2) is 7.17. The highest BCUT2D eigenvalue weighted by atomic mass is 35.5. The standard InChI is InChI=1S/C18H13Cl2FN2O2/c19-14-8-15(20)17(13-7-11(24)5-6-12(13)14)23-18(25)22-9-10-3-1-2-4-16(10)21/h1-8,24H,9H2,(H2,22,23,25). The topological polar surface area (TPSA) is 61.4 Å². The number of anilines is 1. The van der Waals surface area contributed by atoms with E-state index in [0.29, 0.717) is 27.0 Å². The molecule has 2 amide bonds. The SMILES string of the molecule is O=C(NCc1ccccc1F)Nc1c(Cl)cc(Cl)c2ccc(O)cc12. The molecule has 3 rings (SSSR count). The van der Waals surface area contributed by atoms with Crippen molar-refractivity contribution in [3.8, 4) is 5.75 Å². The van der Waals surface area contributed by atoms with Gasteiger partial charge in [0.05, 0.1) is 15.7 Å². The average Bonchev–Trinajstić information content (AvgIpc) is 2.57. The molecule has 0 radical (unpaired) electrons. The zero-order valence-electron chi connectivity index (χ0n) is 12.8. The van der Waals surface area contributed by atoms with Crippen molar-refractivity contribution < 1.29 is 14.3 Å². The summed E-state index contributed by atoms with van der Waals surface area (Å²) < 4.78 is 13.6. The molecule has 0 aliphatic heterocycles. The van der Waals surface area contributed by atoms with Crippen LogP contribution in [-0.2, 0) is 6.54 Å². The molecule has 3 aromatic rings. The minimum Gasteiger partial charge on any atom is -0.508 e. The van der Waals surface area contributed by atoms with Crippen molar-refractivity contribution in [2.45, 2.75) is 6.54 Å². The van der Waals surface area contributed by atoms with E-state index in [9.17, 15) is 14.3 Å². The Morgan fingerprint density at radius 2 is 1.80 bits per heavy atom. The lowest BCUT2D eigenvalue weighted by Crippen LogP contribution is -2.28. The van der Waals surface area contributed by atoms with Crippen molar-refractivity contribution in [1.82, 2.24) is 5.32 Å². The Kier molecular flexibility index (Phi) is 4.97. The summed E-state index contributed by atoms with van der Waals surface area (Å²) in [7, 11) is 0. The maximum atomic E-state index is 13.6. The minimum absolute atomic E-state index is 0.0145. The molecule has 25 heavy (non-hydrogen) atoms. The number of carbonyl (C=O) groups excluding carboxylic acids is 1. The Bertz CT molecular complexity index is 963. The molecule has 0 saturated carbocycles. The summed E-state index contributed by atoms with van der Waals surface area (Å²) in [5.41, 5.74) is 0.672. The van der Waals surface area contributed by atoms with Crippen LogP contribution in [0.4, 0.5) is 14.9 Å². The van der Waals surface area contributed by atoms with Crippen LogP contribution in [0.5, 0.6) is 5.75 Å². The average molecular weight is 379 g/mol. The Labute approximate surface area is 153 Å². The number of halogens is 3. The van der Waals surface area contributed by atoms with Crippen molar-refractivity contribution in [3.05, 3.63) is 70.0 Å². The number of hydrogen-bond donors (Lipinski definition) is 3. The largest absolute Gasteiger partial charge is 0.508 e. The fraction of sp³-hybridized carbons (Fsp3) is 0.0556. The summed E-state index contributed by atoms with van der Waals surface area (Å²) in [6, 6.07) is 11.7. The van der Waals surface area contributed by atoms with Crippen LogP contribution in [0.15, 0.2) is 48.5 Å². The maximum Gasteiger partial charge on any atom is 0.319 e. The molecule has 0 aromatic heterocycles. The highest BCUT2D eigenvalue weighted by Crippen LogP contribution is 2.37. The van der Waals surface area contributed by atoms with E-state index in [1.807, 2.05) is 0 Å². The normalized spacial score (nSPS) is 10.7. The molecule has 3 N–H and O–H groups in total. The second-order valence-electron chi connectivity index (χ2n) is 5.34. The van der Waals surface area contributed by atoms with Gasteiger partial charge in [-0.1, -0.05) is 41.4 Å². The van der Waals surface area contributed by atoms with Crippen LogP contribution in [0.1, 0.15) is 5.56 Å². The van der Waals surface area contributed by atoms with Crippen LogP contribution in [0.2, 0.25) is 10.0 Å². The first-order valence-electron chi connectivity index (χ1n) is 7.34. The molecular weight excluding hydrogens is 366 g/mol. The van der Waals surface area contributed by atoms with Gasteiger partial charge in [0, 0.05) is 22.9 Å². The third kappa shape index (κ3) is 3.78. The molecular formula is C18H13Cl2FN2O2. The van der Waals surface area contributed by atoms with Gasteiger partial charge in [-0.15, -0.1) is 0 Å². The molecule has 4 nitrogen and oxygen atoms in total. The number of fused-ring (bicyclic) bond motifs is 1. The minimum atomic E-state index is -0.558. The van der Waals surface area contributed by atoms with E-state index in [1.165, 1.54) is 24.3 Å². The molecule has 0 fully saturated rings. The van der Waals surface area contributed by atoms with Gasteiger partial charge in [0.15, 0.2) is 0 Å². The van der Waals surface area contributed by atoms with Gasteiger partial charge in [-0.25, -0.2) is 9.18 Å². The summed E-state index contributed by atoms with van der Waals surface area (Å²) in [5, 5.41) is 16.6. The van der Waals surface area contributed by atoms with Gasteiger partial charge in [0.25, 0.3) is 0 Å². The highest BCUT2D eigenvalue weighted by Gasteiger charge is 2.14. The number of nitrogens with one attached hydrogen (secondary N) is 2. The lowest BCUT2D eigenvalue weighted by Gasteiger charge is -2.13. The first-order valence-corrected chi connectivity index (χ1v) is 8.10. The van der Waals surface area contributed by atoms with E-state index in [2.05, 4.69) is 10.6 Å². The third-order valence-electron chi connectivity index (χ3n) is 3.66. The third-order valence-corrected chi connectivity index (χ3v) is 4.27. The molecule has 0 aliphatic carbocycles. The van der Waals surface area contributed by atoms with Crippen LogP contribution in [0, 0.1) is 5.82 Å². The van der Waals surface area contributed by atoms with Crippen molar-refractivity contribution in [1.29, 1.82) is 0 Å². The highest BCUT2D eigenvalue weighted by molar-refractivity contribution is 6.41. The van der Waals surface area contributed by atoms with Crippen molar-refractivity contribution in [3.63, 3.8) is 0 Å². The molecule has 0 bridgehead atoms. The number of aromatic hydroxyl groups is 1. The summed E-state index contributed by atoms with van der Waals surface area (Å²) >= 11 is 12.3. The first-order chi connectivity index (χ1) is 12.0. The number of rotatable bonds is 3. The van der Waals surface area contributed by atoms with E-state index in [-0.39, 0.29) is 17.3 Å². The number of hydrogen-bond acceptors (Lipinski definition) is 2. The number of urea groups is 1. The number of amides is 2. The lowest BCUT2D eigenvalue weighted by molar-refractivity contribution is 0.251. The van der Waals surface area contributed by atoms with E-state index in [0.717, 1.165) is 0 Å². The van der Waals surface area contributed by atoms with Gasteiger partial charge in [-0.2, -0.15) is 0 Å². The van der Waals surface area contributed by atoms with Gasteiger partial charge >= 0.3 is 6.03 Å². The summed E-state index contributed by atoms with van der Waals surface area (Å²) in [4.78, 5) is 12.2. The van der Waals surface area contributed by atoms with Gasteiger partial charge in [0.2, 0.25) is 0 Å². The monoisotopic (exact) mass is 378 g/mol. The first kappa shape index (κ1) is 17.3. The molecule has 128 valence electrons. The van der Waals surface area contributed by atoms with Crippen LogP contribution in [-0.4, -0.2) is 11.1 Å². The number of phenols is 1. The second-order valence-corrected chi connectivity index (χ2v) is 6.16. The van der Waals surface area contributed by atoms with Gasteiger partial charge < -0.3 is 15.7 Å². The lowest BCUT2D eigenvalue weighted by atomic mass is 10.1. The molecule has 3 aromatic carbocycles. The summed E-state index contributed by atoms with van der Waals surface area (Å²) in [6.45, 7) is 0.0207. The van der Waals surface area contributed by atoms with Crippen molar-refractivity contribution in [2.24, 2.45) is 0 Å². The zero-order valence-corrected chi connectivity index (χ0v) is 14.3. The van der Waals surface area contributed by atoms with Crippen molar-refractivity contribution in [2.75, 3.05) is 5.32 Å². The molecule has 0 aliphatic rings. The Hall–Kier alpha value is -2.50. The summed E-state index contributed by atoms with van der Waals surface area (Å²) in [6.07, 6.45) is 0. The molecule has 0 heterocycles. The van der Waals surface area contributed by atoms with Crippen molar-refractivity contribution >= 4 is 45.7 Å². The predicted molar refractivity (Wildman–Crippen MR) is 97.9 cm³/mol. The molecule has 0 atom stereocenters. The maximum absolute atomic E-state index is 13.6. The Balaban J connectivity index is 1.84. The molecule has 7 heteroatoms. The number of benzene rings is 3. The zero-order chi connectivity index (χ0) is 18.0. The van der Waals surface area contributed by atoms with E-state index < -0.39 is 11.8 Å². The van der Waals surface area contributed by atoms with Gasteiger partial charge in [-0.05, 0) is 30.3 Å². The number of phenolic OH excluding ortho intramolecular Hbond substituents is 1. The van der Waals surface area contributed by atoms with Gasteiger partial charge in [-0.3, -0.25) is 0 Å². The van der Waals surface area contributed by atoms with Gasteiger partial charge in [0.1, 0.15) is 11.6 Å². The Morgan fingerprint density at radius 3 is 2.56 bits per heavy atom. The van der Waals surface area contributed by atoms with E-state index in [4.69, 9.17) is 23.2 Å². The Morgan fingerprint density at radius 1 is 1.04 bits per heavy atom. The fourth-order valence-corrected chi connectivity index (χ4v) is 3.03. The van der Waals surface area contributed by atoms with Crippen LogP contribution in [0.3, 0.4) is 0 Å². The van der Waals surface area contributed by atoms with E-state index in [1.54, 1.807) is 24.3 Å².